The van der Waals surface area contributed by atoms with Gasteiger partial charge in [-0.15, -0.1) is 0 Å². The minimum absolute atomic E-state index is 0.196. The summed E-state index contributed by atoms with van der Waals surface area (Å²) in [6, 6.07) is 8.28. The maximum Gasteiger partial charge on any atom is 0.515 e. The fourth-order valence-corrected chi connectivity index (χ4v) is 4.97. The molecule has 0 saturated carbocycles. The molecule has 19 heteroatoms. The Morgan fingerprint density at radius 1 is 0.938 bits per heavy atom. The summed E-state index contributed by atoms with van der Waals surface area (Å²) in [5.41, 5.74) is 1.37. The van der Waals surface area contributed by atoms with Crippen LogP contribution in [-0.2, 0) is 23.7 Å². The average Bonchev–Trinajstić information content (AvgIpc) is 2.99. The first kappa shape index (κ1) is 42.5. The number of hydrogen-bond donors (Lipinski definition) is 0. The van der Waals surface area contributed by atoms with Crippen LogP contribution in [0.25, 0.3) is 0 Å². The first-order chi connectivity index (χ1) is 22.4. The van der Waals surface area contributed by atoms with Crippen molar-refractivity contribution >= 4 is 117 Å². The molecule has 3 rings (SSSR count). The van der Waals surface area contributed by atoms with Gasteiger partial charge < -0.3 is 33.3 Å². The molecule has 11 nitrogen and oxygen atoms in total. The van der Waals surface area contributed by atoms with E-state index in [4.69, 9.17) is 112 Å². The Labute approximate surface area is 318 Å². The standard InChI is InChI=1S/C26H32Cl2N2O6.C3Cl6O3/c1-5-17(3)20-15-19(7-8-23(20)33-4)36-25-21(27)13-18(14-22(25)28)30(16-24(31)35-6-2)26(32)29-9-11-34-12-10-29;4-2(5,6)11-1(10)12-3(7,8)9/h7-8,13-15,17H,5-6,9-12,16H2,1-4H3;. The van der Waals surface area contributed by atoms with Crippen LogP contribution < -0.4 is 14.4 Å². The van der Waals surface area contributed by atoms with Crippen LogP contribution in [-0.4, -0.2) is 77.6 Å². The zero-order valence-electron chi connectivity index (χ0n) is 26.0. The van der Waals surface area contributed by atoms with E-state index >= 15 is 0 Å². The van der Waals surface area contributed by atoms with Gasteiger partial charge >= 0.3 is 26.1 Å². The van der Waals surface area contributed by atoms with Crippen molar-refractivity contribution in [2.75, 3.05) is 51.5 Å². The van der Waals surface area contributed by atoms with Gasteiger partial charge in [0.15, 0.2) is 5.75 Å². The highest BCUT2D eigenvalue weighted by Gasteiger charge is 2.32. The molecule has 0 N–H and O–H groups in total. The van der Waals surface area contributed by atoms with E-state index in [0.29, 0.717) is 37.7 Å². The van der Waals surface area contributed by atoms with Crippen molar-refractivity contribution in [2.45, 2.75) is 41.1 Å². The lowest BCUT2D eigenvalue weighted by Crippen LogP contribution is -2.50. The van der Waals surface area contributed by atoms with E-state index in [9.17, 15) is 14.4 Å². The average molecular weight is 836 g/mol. The number of amides is 2. The highest BCUT2D eigenvalue weighted by molar-refractivity contribution is 6.67. The second kappa shape index (κ2) is 19.7. The maximum atomic E-state index is 13.3. The van der Waals surface area contributed by atoms with Crippen LogP contribution in [0.5, 0.6) is 17.2 Å². The summed E-state index contributed by atoms with van der Waals surface area (Å²) in [7, 11) is 1.63. The van der Waals surface area contributed by atoms with E-state index in [0.717, 1.165) is 17.7 Å². The van der Waals surface area contributed by atoms with Crippen molar-refractivity contribution in [3.8, 4) is 17.2 Å². The van der Waals surface area contributed by atoms with Gasteiger partial charge in [-0.25, -0.2) is 9.59 Å². The van der Waals surface area contributed by atoms with Crippen LogP contribution in [0.2, 0.25) is 10.0 Å². The first-order valence-corrected chi connectivity index (χ1v) is 17.1. The first-order valence-electron chi connectivity index (χ1n) is 14.1. The van der Waals surface area contributed by atoms with E-state index in [-0.39, 0.29) is 40.9 Å². The van der Waals surface area contributed by atoms with Gasteiger partial charge in [0.25, 0.3) is 0 Å². The Kier molecular flexibility index (Phi) is 17.4. The van der Waals surface area contributed by atoms with Gasteiger partial charge in [-0.3, -0.25) is 9.69 Å². The number of hydrogen-bond acceptors (Lipinski definition) is 9. The number of nitrogens with zero attached hydrogens (tertiary/aromatic N) is 2. The monoisotopic (exact) mass is 832 g/mol. The molecule has 1 atom stereocenters. The van der Waals surface area contributed by atoms with E-state index in [1.807, 2.05) is 12.1 Å². The van der Waals surface area contributed by atoms with Crippen LogP contribution in [0.4, 0.5) is 15.3 Å². The number of urea groups is 1. The Hall–Kier alpha value is -1.67. The quantitative estimate of drug-likeness (QED) is 0.180. The van der Waals surface area contributed by atoms with E-state index in [2.05, 4.69) is 23.3 Å². The molecule has 1 aliphatic rings. The largest absolute Gasteiger partial charge is 0.515 e. The van der Waals surface area contributed by atoms with Crippen LogP contribution in [0.15, 0.2) is 30.3 Å². The Balaban J connectivity index is 0.000000567. The molecule has 0 radical (unpaired) electrons. The van der Waals surface area contributed by atoms with E-state index in [1.54, 1.807) is 37.1 Å². The number of esters is 1. The van der Waals surface area contributed by atoms with Crippen LogP contribution in [0.3, 0.4) is 0 Å². The number of ether oxygens (including phenoxy) is 6. The molecule has 1 unspecified atom stereocenters. The van der Waals surface area contributed by atoms with E-state index in [1.165, 1.54) is 4.90 Å². The van der Waals surface area contributed by atoms with Crippen LogP contribution >= 0.6 is 92.8 Å². The summed E-state index contributed by atoms with van der Waals surface area (Å²) in [5, 5.41) is 0.393. The van der Waals surface area contributed by atoms with Crippen molar-refractivity contribution in [2.24, 2.45) is 0 Å². The summed E-state index contributed by atoms with van der Waals surface area (Å²) in [5.74, 6) is 1.30. The molecular formula is C29H32Cl8N2O9. The van der Waals surface area contributed by atoms with Gasteiger partial charge in [0, 0.05) is 24.3 Å². The minimum atomic E-state index is -2.24. The molecule has 0 bridgehead atoms. The fourth-order valence-electron chi connectivity index (χ4n) is 4.04. The van der Waals surface area contributed by atoms with Crippen LogP contribution in [0.1, 0.15) is 38.7 Å². The molecule has 1 aliphatic heterocycles. The second-order valence-electron chi connectivity index (χ2n) is 9.67. The van der Waals surface area contributed by atoms with Gasteiger partial charge in [0.2, 0.25) is 0 Å². The lowest BCUT2D eigenvalue weighted by atomic mass is 9.97. The number of carbonyl (C=O) groups excluding carboxylic acids is 3. The third-order valence-electron chi connectivity index (χ3n) is 6.36. The number of carbonyl (C=O) groups is 3. The molecule has 1 saturated heterocycles. The third-order valence-corrected chi connectivity index (χ3v) is 7.39. The zero-order valence-corrected chi connectivity index (χ0v) is 32.1. The Morgan fingerprint density at radius 3 is 1.98 bits per heavy atom. The smallest absolute Gasteiger partial charge is 0.496 e. The summed E-state index contributed by atoms with van der Waals surface area (Å²) in [6.07, 6.45) is -0.473. The predicted molar refractivity (Wildman–Crippen MR) is 188 cm³/mol. The number of methoxy groups -OCH3 is 1. The number of anilines is 1. The van der Waals surface area contributed by atoms with Gasteiger partial charge in [-0.1, -0.05) is 37.0 Å². The van der Waals surface area contributed by atoms with Crippen molar-refractivity contribution in [3.63, 3.8) is 0 Å². The molecule has 1 heterocycles. The van der Waals surface area contributed by atoms with Gasteiger partial charge in [0.1, 0.15) is 18.0 Å². The molecule has 0 aliphatic carbocycles. The number of halogens is 8. The fraction of sp³-hybridized carbons (Fsp3) is 0.483. The summed E-state index contributed by atoms with van der Waals surface area (Å²) >= 11 is 43.4. The lowest BCUT2D eigenvalue weighted by molar-refractivity contribution is -0.141. The van der Waals surface area contributed by atoms with Crippen molar-refractivity contribution in [1.29, 1.82) is 0 Å². The molecule has 2 aromatic rings. The molecular weight excluding hydrogens is 804 g/mol. The molecule has 48 heavy (non-hydrogen) atoms. The topological polar surface area (TPSA) is 113 Å². The van der Waals surface area contributed by atoms with Gasteiger partial charge in [0.05, 0.1) is 37.0 Å². The summed E-state index contributed by atoms with van der Waals surface area (Å²) in [4.78, 5) is 39.0. The molecule has 1 fully saturated rings. The SMILES string of the molecule is CCOC(=O)CN(C(=O)N1CCOCC1)c1cc(Cl)c(Oc2ccc(OC)c(C(C)CC)c2)c(Cl)c1.O=C(OC(Cl)(Cl)Cl)OC(Cl)(Cl)Cl. The Morgan fingerprint density at radius 2 is 1.50 bits per heavy atom. The third kappa shape index (κ3) is 14.3. The number of morpholine rings is 1. The molecule has 268 valence electrons. The highest BCUT2D eigenvalue weighted by Crippen LogP contribution is 2.42. The van der Waals surface area contributed by atoms with Gasteiger partial charge in [-0.05, 0) is 119 Å². The van der Waals surface area contributed by atoms with Crippen molar-refractivity contribution in [1.82, 2.24) is 4.90 Å². The Bertz CT molecular complexity index is 1360. The van der Waals surface area contributed by atoms with Crippen LogP contribution in [0, 0.1) is 0 Å². The zero-order chi connectivity index (χ0) is 36.2. The molecule has 2 aromatic carbocycles. The maximum absolute atomic E-state index is 13.3. The summed E-state index contributed by atoms with van der Waals surface area (Å²) < 4.78 is 25.5. The van der Waals surface area contributed by atoms with E-state index < -0.39 is 20.1 Å². The minimum Gasteiger partial charge on any atom is -0.496 e. The highest BCUT2D eigenvalue weighted by atomic mass is 35.6. The summed E-state index contributed by atoms with van der Waals surface area (Å²) in [6.45, 7) is 7.51. The number of alkyl halides is 6. The second-order valence-corrected chi connectivity index (χ2v) is 14.8. The molecule has 0 aromatic heterocycles. The number of rotatable bonds is 9. The number of benzene rings is 2. The molecule has 2 amide bonds. The molecule has 0 spiro atoms. The normalized spacial score (nSPS) is 13.8. The van der Waals surface area contributed by atoms with Crippen molar-refractivity contribution < 1.29 is 42.8 Å². The van der Waals surface area contributed by atoms with Crippen molar-refractivity contribution in [3.05, 3.63) is 45.9 Å². The van der Waals surface area contributed by atoms with Gasteiger partial charge in [-0.2, -0.15) is 0 Å². The lowest BCUT2D eigenvalue weighted by Gasteiger charge is -2.32. The predicted octanol–water partition coefficient (Wildman–Crippen LogP) is 9.92.